The van der Waals surface area contributed by atoms with E-state index in [1.54, 1.807) is 37.7 Å². The molecule has 29 heavy (non-hydrogen) atoms. The first kappa shape index (κ1) is 18.9. The topological polar surface area (TPSA) is 102 Å². The van der Waals surface area contributed by atoms with Gasteiger partial charge in [-0.25, -0.2) is 9.78 Å². The molecule has 1 fully saturated rings. The van der Waals surface area contributed by atoms with Crippen molar-refractivity contribution in [2.45, 2.75) is 38.1 Å². The first-order chi connectivity index (χ1) is 14.2. The third-order valence-electron chi connectivity index (χ3n) is 5.05. The predicted octanol–water partition coefficient (Wildman–Crippen LogP) is 3.96. The smallest absolute Gasteiger partial charge is 0.412 e. The molecule has 1 saturated carbocycles. The molecular formula is C21H23N5O3. The Kier molecular flexibility index (Phi) is 5.69. The number of carbonyl (C=O) groups is 1. The van der Waals surface area contributed by atoms with E-state index >= 15 is 0 Å². The van der Waals surface area contributed by atoms with Crippen LogP contribution in [0.3, 0.4) is 0 Å². The largest absolute Gasteiger partial charge is 0.496 e. The summed E-state index contributed by atoms with van der Waals surface area (Å²) in [5.74, 6) is 1.72. The zero-order chi connectivity index (χ0) is 20.1. The fourth-order valence-electron chi connectivity index (χ4n) is 3.59. The number of benzene rings is 1. The quantitative estimate of drug-likeness (QED) is 0.680. The molecule has 0 radical (unpaired) electrons. The summed E-state index contributed by atoms with van der Waals surface area (Å²) >= 11 is 0. The predicted molar refractivity (Wildman–Crippen MR) is 108 cm³/mol. The number of hydrogen-bond acceptors (Lipinski definition) is 6. The van der Waals surface area contributed by atoms with Crippen LogP contribution in [0.5, 0.6) is 11.5 Å². The van der Waals surface area contributed by atoms with E-state index < -0.39 is 6.09 Å². The van der Waals surface area contributed by atoms with Crippen molar-refractivity contribution in [3.63, 3.8) is 0 Å². The highest BCUT2D eigenvalue weighted by Crippen LogP contribution is 2.34. The number of carbonyl (C=O) groups excluding carboxylic acids is 1. The van der Waals surface area contributed by atoms with Gasteiger partial charge in [0.2, 0.25) is 0 Å². The van der Waals surface area contributed by atoms with Gasteiger partial charge in [0, 0.05) is 35.1 Å². The molecule has 1 aromatic carbocycles. The molecule has 0 aliphatic heterocycles. The number of nitrogens with one attached hydrogen (secondary N) is 2. The van der Waals surface area contributed by atoms with Gasteiger partial charge < -0.3 is 14.8 Å². The van der Waals surface area contributed by atoms with Crippen LogP contribution in [-0.2, 0) is 0 Å². The van der Waals surface area contributed by atoms with Gasteiger partial charge in [-0.2, -0.15) is 5.10 Å². The van der Waals surface area contributed by atoms with Crippen molar-refractivity contribution < 1.29 is 14.3 Å². The van der Waals surface area contributed by atoms with E-state index in [0.29, 0.717) is 17.3 Å². The standard InChI is InChI=1S/C21H23N5O3/c1-28-19-8-7-17(29-21(27)25-16-5-3-2-4-6-16)10-18(19)14-9-15(12-22-11-14)20-23-13-24-26-20/h7-13,16H,2-6H2,1H3,(H,25,27)(H,23,24,26). The van der Waals surface area contributed by atoms with Gasteiger partial charge in [0.1, 0.15) is 17.8 Å². The molecule has 1 aliphatic rings. The molecular weight excluding hydrogens is 370 g/mol. The molecule has 8 nitrogen and oxygen atoms in total. The summed E-state index contributed by atoms with van der Waals surface area (Å²) in [5.41, 5.74) is 2.38. The summed E-state index contributed by atoms with van der Waals surface area (Å²) in [6.45, 7) is 0. The number of methoxy groups -OCH3 is 1. The number of rotatable bonds is 5. The zero-order valence-corrected chi connectivity index (χ0v) is 16.2. The number of aromatic nitrogens is 4. The highest BCUT2D eigenvalue weighted by Gasteiger charge is 2.17. The van der Waals surface area contributed by atoms with E-state index in [1.807, 2.05) is 6.07 Å². The molecule has 4 rings (SSSR count). The molecule has 0 saturated heterocycles. The summed E-state index contributed by atoms with van der Waals surface area (Å²) in [5, 5.41) is 9.66. The Hall–Kier alpha value is -3.42. The van der Waals surface area contributed by atoms with E-state index in [4.69, 9.17) is 9.47 Å². The lowest BCUT2D eigenvalue weighted by atomic mass is 9.96. The van der Waals surface area contributed by atoms with Crippen LogP contribution in [-0.4, -0.2) is 39.4 Å². The van der Waals surface area contributed by atoms with Crippen molar-refractivity contribution in [1.29, 1.82) is 0 Å². The maximum atomic E-state index is 12.3. The van der Waals surface area contributed by atoms with Crippen LogP contribution in [0.25, 0.3) is 22.5 Å². The lowest BCUT2D eigenvalue weighted by Gasteiger charge is -2.22. The molecule has 2 aromatic heterocycles. The Bertz CT molecular complexity index is 968. The van der Waals surface area contributed by atoms with Gasteiger partial charge in [-0.1, -0.05) is 19.3 Å². The third kappa shape index (κ3) is 4.53. The number of amides is 1. The molecule has 8 heteroatoms. The monoisotopic (exact) mass is 393 g/mol. The van der Waals surface area contributed by atoms with Crippen LogP contribution in [0.4, 0.5) is 4.79 Å². The molecule has 1 amide bonds. The number of pyridine rings is 1. The summed E-state index contributed by atoms with van der Waals surface area (Å²) in [7, 11) is 1.60. The second kappa shape index (κ2) is 8.72. The molecule has 2 heterocycles. The van der Waals surface area contributed by atoms with Crippen LogP contribution >= 0.6 is 0 Å². The maximum absolute atomic E-state index is 12.3. The molecule has 0 spiro atoms. The van der Waals surface area contributed by atoms with E-state index in [0.717, 1.165) is 42.4 Å². The van der Waals surface area contributed by atoms with Gasteiger partial charge in [-0.05, 0) is 37.1 Å². The van der Waals surface area contributed by atoms with E-state index in [1.165, 1.54) is 12.7 Å². The lowest BCUT2D eigenvalue weighted by molar-refractivity contribution is 0.192. The van der Waals surface area contributed by atoms with E-state index in [2.05, 4.69) is 25.5 Å². The van der Waals surface area contributed by atoms with Crippen LogP contribution in [0, 0.1) is 0 Å². The molecule has 0 atom stereocenters. The fourth-order valence-corrected chi connectivity index (χ4v) is 3.59. The molecule has 0 unspecified atom stereocenters. The van der Waals surface area contributed by atoms with Gasteiger partial charge in [0.05, 0.1) is 7.11 Å². The second-order valence-corrected chi connectivity index (χ2v) is 7.03. The maximum Gasteiger partial charge on any atom is 0.412 e. The molecule has 3 aromatic rings. The first-order valence-corrected chi connectivity index (χ1v) is 9.70. The highest BCUT2D eigenvalue weighted by molar-refractivity contribution is 5.76. The molecule has 1 aliphatic carbocycles. The Morgan fingerprint density at radius 1 is 1.14 bits per heavy atom. The lowest BCUT2D eigenvalue weighted by Crippen LogP contribution is -2.37. The summed E-state index contributed by atoms with van der Waals surface area (Å²) in [6.07, 6.45) is 9.97. The Balaban J connectivity index is 1.55. The summed E-state index contributed by atoms with van der Waals surface area (Å²) < 4.78 is 11.0. The van der Waals surface area contributed by atoms with Crippen molar-refractivity contribution in [3.8, 4) is 34.0 Å². The van der Waals surface area contributed by atoms with E-state index in [-0.39, 0.29) is 6.04 Å². The minimum Gasteiger partial charge on any atom is -0.496 e. The van der Waals surface area contributed by atoms with Crippen molar-refractivity contribution in [2.75, 3.05) is 7.11 Å². The van der Waals surface area contributed by atoms with Crippen LogP contribution in [0.2, 0.25) is 0 Å². The Labute approximate surface area is 168 Å². The number of H-pyrrole nitrogens is 1. The van der Waals surface area contributed by atoms with Gasteiger partial charge in [0.25, 0.3) is 0 Å². The van der Waals surface area contributed by atoms with Gasteiger partial charge >= 0.3 is 6.09 Å². The van der Waals surface area contributed by atoms with Gasteiger partial charge in [-0.3, -0.25) is 10.1 Å². The minimum atomic E-state index is -0.429. The number of nitrogens with zero attached hydrogens (tertiary/aromatic N) is 3. The number of aromatic amines is 1. The Morgan fingerprint density at radius 2 is 1.97 bits per heavy atom. The normalized spacial score (nSPS) is 14.4. The third-order valence-corrected chi connectivity index (χ3v) is 5.05. The van der Waals surface area contributed by atoms with Crippen LogP contribution < -0.4 is 14.8 Å². The van der Waals surface area contributed by atoms with Crippen molar-refractivity contribution >= 4 is 6.09 Å². The molecule has 2 N–H and O–H groups in total. The first-order valence-electron chi connectivity index (χ1n) is 9.70. The fraction of sp³-hybridized carbons (Fsp3) is 0.333. The SMILES string of the molecule is COc1ccc(OC(=O)NC2CCCCC2)cc1-c1cncc(-c2ncn[nH]2)c1. The van der Waals surface area contributed by atoms with Crippen LogP contribution in [0.15, 0.2) is 43.0 Å². The molecule has 150 valence electrons. The average Bonchev–Trinajstić information content (AvgIpc) is 3.29. The highest BCUT2D eigenvalue weighted by atomic mass is 16.6. The summed E-state index contributed by atoms with van der Waals surface area (Å²) in [4.78, 5) is 20.8. The number of ether oxygens (including phenoxy) is 2. The van der Waals surface area contributed by atoms with Gasteiger partial charge in [-0.15, -0.1) is 0 Å². The van der Waals surface area contributed by atoms with Gasteiger partial charge in [0.15, 0.2) is 5.82 Å². The second-order valence-electron chi connectivity index (χ2n) is 7.03. The minimum absolute atomic E-state index is 0.191. The van der Waals surface area contributed by atoms with Crippen molar-refractivity contribution in [1.82, 2.24) is 25.5 Å². The van der Waals surface area contributed by atoms with Crippen molar-refractivity contribution in [3.05, 3.63) is 43.0 Å². The van der Waals surface area contributed by atoms with Crippen molar-refractivity contribution in [2.24, 2.45) is 0 Å². The van der Waals surface area contributed by atoms with E-state index in [9.17, 15) is 4.79 Å². The summed E-state index contributed by atoms with van der Waals surface area (Å²) in [6, 6.07) is 7.39. The zero-order valence-electron chi connectivity index (χ0n) is 16.2. The van der Waals surface area contributed by atoms with Crippen LogP contribution in [0.1, 0.15) is 32.1 Å². The number of hydrogen-bond donors (Lipinski definition) is 2. The average molecular weight is 393 g/mol. The Morgan fingerprint density at radius 3 is 2.72 bits per heavy atom. The molecule has 0 bridgehead atoms.